The molecule has 1 aromatic carbocycles. The van der Waals surface area contributed by atoms with Crippen LogP contribution in [0.2, 0.25) is 0 Å². The van der Waals surface area contributed by atoms with Crippen molar-refractivity contribution >= 4 is 17.5 Å². The third-order valence-electron chi connectivity index (χ3n) is 5.44. The van der Waals surface area contributed by atoms with Gasteiger partial charge in [-0.3, -0.25) is 14.3 Å². The Morgan fingerprint density at radius 3 is 2.45 bits per heavy atom. The molecule has 1 saturated heterocycles. The molecule has 1 aliphatic rings. The molecule has 0 spiro atoms. The largest absolute Gasteiger partial charge is 0.339 e. The second kappa shape index (κ2) is 8.63. The van der Waals surface area contributed by atoms with Crippen LogP contribution in [0.5, 0.6) is 0 Å². The van der Waals surface area contributed by atoms with Crippen molar-refractivity contribution in [3.05, 3.63) is 71.3 Å². The Balaban J connectivity index is 1.38. The van der Waals surface area contributed by atoms with Gasteiger partial charge in [-0.15, -0.1) is 0 Å². The number of nitrogens with zero attached hydrogens (tertiary/aromatic N) is 5. The molecule has 1 fully saturated rings. The van der Waals surface area contributed by atoms with Gasteiger partial charge in [-0.25, -0.2) is 14.4 Å². The zero-order chi connectivity index (χ0) is 22.0. The number of aromatic nitrogens is 4. The fraction of sp³-hybridized carbons (Fsp3) is 0.318. The van der Waals surface area contributed by atoms with Crippen LogP contribution in [-0.4, -0.2) is 49.6 Å². The maximum Gasteiger partial charge on any atom is 0.259 e. The van der Waals surface area contributed by atoms with E-state index in [0.717, 1.165) is 12.8 Å². The summed E-state index contributed by atoms with van der Waals surface area (Å²) in [6.45, 7) is 3.01. The molecule has 2 aromatic heterocycles. The molecular formula is C22H23FN6O2. The Hall–Kier alpha value is -3.62. The second-order valence-electron chi connectivity index (χ2n) is 7.66. The van der Waals surface area contributed by atoms with Crippen molar-refractivity contribution in [3.8, 4) is 0 Å². The summed E-state index contributed by atoms with van der Waals surface area (Å²) in [4.78, 5) is 35.9. The number of carbonyl (C=O) groups excluding carboxylic acids is 2. The van der Waals surface area contributed by atoms with Crippen LogP contribution < -0.4 is 5.32 Å². The number of nitrogens with one attached hydrogen (secondary N) is 1. The number of amides is 2. The van der Waals surface area contributed by atoms with Crippen molar-refractivity contribution in [2.24, 2.45) is 7.05 Å². The molecule has 160 valence electrons. The minimum Gasteiger partial charge on any atom is -0.339 e. The molecule has 0 saturated carbocycles. The highest BCUT2D eigenvalue weighted by Gasteiger charge is 2.27. The van der Waals surface area contributed by atoms with E-state index in [0.29, 0.717) is 41.4 Å². The summed E-state index contributed by atoms with van der Waals surface area (Å²) in [5.41, 5.74) is 2.04. The number of rotatable bonds is 4. The highest BCUT2D eigenvalue weighted by atomic mass is 19.1. The van der Waals surface area contributed by atoms with E-state index >= 15 is 0 Å². The van der Waals surface area contributed by atoms with Gasteiger partial charge in [0.05, 0.1) is 23.0 Å². The van der Waals surface area contributed by atoms with Gasteiger partial charge in [-0.1, -0.05) is 0 Å². The van der Waals surface area contributed by atoms with Crippen LogP contribution in [0.25, 0.3) is 0 Å². The van der Waals surface area contributed by atoms with Crippen molar-refractivity contribution in [3.63, 3.8) is 0 Å². The summed E-state index contributed by atoms with van der Waals surface area (Å²) in [7, 11) is 1.78. The number of likely N-dealkylation sites (tertiary alicyclic amines) is 1. The maximum absolute atomic E-state index is 13.0. The first kappa shape index (κ1) is 20.6. The molecule has 0 unspecified atom stereocenters. The summed E-state index contributed by atoms with van der Waals surface area (Å²) < 4.78 is 14.6. The van der Waals surface area contributed by atoms with Gasteiger partial charge in [0.1, 0.15) is 11.6 Å². The van der Waals surface area contributed by atoms with Crippen molar-refractivity contribution in [2.45, 2.75) is 25.7 Å². The van der Waals surface area contributed by atoms with E-state index in [4.69, 9.17) is 0 Å². The normalized spacial score (nSPS) is 14.5. The summed E-state index contributed by atoms with van der Waals surface area (Å²) >= 11 is 0. The maximum atomic E-state index is 13.0. The first-order valence-corrected chi connectivity index (χ1v) is 10.1. The summed E-state index contributed by atoms with van der Waals surface area (Å²) in [6, 6.07) is 5.57. The van der Waals surface area contributed by atoms with Crippen molar-refractivity contribution in [1.29, 1.82) is 0 Å². The topological polar surface area (TPSA) is 93.0 Å². The standard InChI is InChI=1S/C22H23FN6O2/c1-14-19(21(30)27-18-5-3-17(23)4-6-18)12-24-20(26-14)15-7-9-29(10-8-15)22(31)16-11-25-28(2)13-16/h3-6,11-13,15H,7-10H2,1-2H3,(H,27,30). The van der Waals surface area contributed by atoms with Crippen molar-refractivity contribution in [1.82, 2.24) is 24.6 Å². The number of hydrogen-bond acceptors (Lipinski definition) is 5. The predicted octanol–water partition coefficient (Wildman–Crippen LogP) is 2.93. The van der Waals surface area contributed by atoms with E-state index in [1.54, 1.807) is 31.0 Å². The second-order valence-corrected chi connectivity index (χ2v) is 7.66. The molecule has 0 aliphatic carbocycles. The molecule has 8 nitrogen and oxygen atoms in total. The lowest BCUT2D eigenvalue weighted by Crippen LogP contribution is -2.38. The molecule has 31 heavy (non-hydrogen) atoms. The summed E-state index contributed by atoms with van der Waals surface area (Å²) in [5.74, 6) is 0.0919. The Morgan fingerprint density at radius 2 is 1.84 bits per heavy atom. The average Bonchev–Trinajstić information content (AvgIpc) is 3.21. The van der Waals surface area contributed by atoms with Gasteiger partial charge in [0.25, 0.3) is 11.8 Å². The number of halogens is 1. The lowest BCUT2D eigenvalue weighted by molar-refractivity contribution is 0.0710. The molecule has 2 amide bonds. The number of anilines is 1. The predicted molar refractivity (Wildman–Crippen MR) is 112 cm³/mol. The van der Waals surface area contributed by atoms with Gasteiger partial charge < -0.3 is 10.2 Å². The minimum atomic E-state index is -0.366. The highest BCUT2D eigenvalue weighted by Crippen LogP contribution is 2.27. The quantitative estimate of drug-likeness (QED) is 0.698. The molecule has 0 bridgehead atoms. The fourth-order valence-corrected chi connectivity index (χ4v) is 3.69. The first-order valence-electron chi connectivity index (χ1n) is 10.1. The molecule has 4 rings (SSSR count). The van der Waals surface area contributed by atoms with E-state index < -0.39 is 0 Å². The van der Waals surface area contributed by atoms with Crippen LogP contribution in [0.1, 0.15) is 51.0 Å². The number of aryl methyl sites for hydroxylation is 2. The van der Waals surface area contributed by atoms with Gasteiger partial charge in [0.2, 0.25) is 0 Å². The summed E-state index contributed by atoms with van der Waals surface area (Å²) in [6.07, 6.45) is 6.34. The summed E-state index contributed by atoms with van der Waals surface area (Å²) in [5, 5.41) is 6.78. The van der Waals surface area contributed by atoms with Crippen LogP contribution in [0.3, 0.4) is 0 Å². The minimum absolute atomic E-state index is 0.0172. The van der Waals surface area contributed by atoms with Gasteiger partial charge in [-0.2, -0.15) is 5.10 Å². The lowest BCUT2D eigenvalue weighted by atomic mass is 9.95. The third-order valence-corrected chi connectivity index (χ3v) is 5.44. The van der Waals surface area contributed by atoms with E-state index in [1.165, 1.54) is 30.5 Å². The van der Waals surface area contributed by atoms with Crippen molar-refractivity contribution < 1.29 is 14.0 Å². The number of carbonyl (C=O) groups is 2. The molecule has 0 atom stereocenters. The lowest BCUT2D eigenvalue weighted by Gasteiger charge is -2.31. The van der Waals surface area contributed by atoms with Crippen LogP contribution in [0.4, 0.5) is 10.1 Å². The monoisotopic (exact) mass is 422 g/mol. The van der Waals surface area contributed by atoms with Crippen LogP contribution >= 0.6 is 0 Å². The highest BCUT2D eigenvalue weighted by molar-refractivity contribution is 6.04. The molecule has 0 radical (unpaired) electrons. The average molecular weight is 422 g/mol. The van der Waals surface area contributed by atoms with E-state index in [2.05, 4.69) is 20.4 Å². The van der Waals surface area contributed by atoms with Crippen LogP contribution in [0.15, 0.2) is 42.9 Å². The Morgan fingerprint density at radius 1 is 1.13 bits per heavy atom. The van der Waals surface area contributed by atoms with Crippen molar-refractivity contribution in [2.75, 3.05) is 18.4 Å². The number of piperidine rings is 1. The Kier molecular flexibility index (Phi) is 5.75. The van der Waals surface area contributed by atoms with E-state index in [9.17, 15) is 14.0 Å². The molecular weight excluding hydrogens is 399 g/mol. The molecule has 3 heterocycles. The fourth-order valence-electron chi connectivity index (χ4n) is 3.69. The molecule has 1 N–H and O–H groups in total. The van der Waals surface area contributed by atoms with Gasteiger partial charge in [-0.05, 0) is 44.0 Å². The van der Waals surface area contributed by atoms with E-state index in [1.807, 2.05) is 4.90 Å². The van der Waals surface area contributed by atoms with Gasteiger partial charge in [0.15, 0.2) is 0 Å². The zero-order valence-electron chi connectivity index (χ0n) is 17.4. The SMILES string of the molecule is Cc1nc(C2CCN(C(=O)c3cnn(C)c3)CC2)ncc1C(=O)Nc1ccc(F)cc1. The van der Waals surface area contributed by atoms with Gasteiger partial charge >= 0.3 is 0 Å². The smallest absolute Gasteiger partial charge is 0.259 e. The Labute approximate surface area is 179 Å². The first-order chi connectivity index (χ1) is 14.9. The van der Waals surface area contributed by atoms with Crippen LogP contribution in [-0.2, 0) is 7.05 Å². The molecule has 3 aromatic rings. The number of benzene rings is 1. The Bertz CT molecular complexity index is 1100. The zero-order valence-corrected chi connectivity index (χ0v) is 17.4. The third kappa shape index (κ3) is 4.60. The van der Waals surface area contributed by atoms with E-state index in [-0.39, 0.29) is 23.5 Å². The molecule has 9 heteroatoms. The number of hydrogen-bond donors (Lipinski definition) is 1. The molecule has 1 aliphatic heterocycles. The van der Waals surface area contributed by atoms with Gasteiger partial charge in [0, 0.05) is 44.1 Å². The van der Waals surface area contributed by atoms with Crippen LogP contribution in [0, 0.1) is 12.7 Å².